The van der Waals surface area contributed by atoms with Crippen molar-refractivity contribution in [1.29, 1.82) is 0 Å². The predicted octanol–water partition coefficient (Wildman–Crippen LogP) is 4.08. The maximum absolute atomic E-state index is 6.21. The van der Waals surface area contributed by atoms with Crippen LogP contribution in [0, 0.1) is 13.8 Å². The van der Waals surface area contributed by atoms with Crippen molar-refractivity contribution in [3.8, 4) is 5.75 Å². The van der Waals surface area contributed by atoms with Crippen molar-refractivity contribution in [1.82, 2.24) is 0 Å². The van der Waals surface area contributed by atoms with Gasteiger partial charge in [-0.15, -0.1) is 6.58 Å². The van der Waals surface area contributed by atoms with Gasteiger partial charge in [0.1, 0.15) is 5.75 Å². The Morgan fingerprint density at radius 3 is 2.67 bits per heavy atom. The van der Waals surface area contributed by atoms with Gasteiger partial charge in [-0.2, -0.15) is 0 Å². The summed E-state index contributed by atoms with van der Waals surface area (Å²) in [5.41, 5.74) is 3.37. The van der Waals surface area contributed by atoms with E-state index in [1.54, 1.807) is 7.11 Å². The first-order chi connectivity index (χ1) is 7.11. The van der Waals surface area contributed by atoms with E-state index in [9.17, 15) is 0 Å². The molecule has 0 aliphatic rings. The zero-order valence-electron chi connectivity index (χ0n) is 9.56. The molecule has 1 rings (SSSR count). The molecular formula is C13H17ClO. The van der Waals surface area contributed by atoms with E-state index in [2.05, 4.69) is 6.58 Å². The molecule has 0 heterocycles. The molecule has 0 spiro atoms. The molecule has 0 bridgehead atoms. The van der Waals surface area contributed by atoms with Crippen molar-refractivity contribution in [3.05, 3.63) is 40.4 Å². The fourth-order valence-corrected chi connectivity index (χ4v) is 1.87. The summed E-state index contributed by atoms with van der Waals surface area (Å²) in [4.78, 5) is 0. The molecule has 0 N–H and O–H groups in total. The summed E-state index contributed by atoms with van der Waals surface area (Å²) in [6.07, 6.45) is 3.78. The number of hydrogen-bond acceptors (Lipinski definition) is 1. The molecule has 15 heavy (non-hydrogen) atoms. The van der Waals surface area contributed by atoms with Gasteiger partial charge in [0.2, 0.25) is 0 Å². The van der Waals surface area contributed by atoms with Gasteiger partial charge in [-0.1, -0.05) is 17.7 Å². The van der Waals surface area contributed by atoms with E-state index in [1.165, 1.54) is 5.56 Å². The van der Waals surface area contributed by atoms with Crippen LogP contribution in [0.3, 0.4) is 0 Å². The Morgan fingerprint density at radius 1 is 1.47 bits per heavy atom. The van der Waals surface area contributed by atoms with E-state index >= 15 is 0 Å². The fraction of sp³-hybridized carbons (Fsp3) is 0.385. The highest BCUT2D eigenvalue weighted by Crippen LogP contribution is 2.32. The Hall–Kier alpha value is -0.950. The molecule has 0 saturated carbocycles. The monoisotopic (exact) mass is 224 g/mol. The van der Waals surface area contributed by atoms with Gasteiger partial charge in [-0.3, -0.25) is 0 Å². The molecule has 0 saturated heterocycles. The molecule has 1 nitrogen and oxygen atoms in total. The van der Waals surface area contributed by atoms with Crippen LogP contribution in [0.2, 0.25) is 5.02 Å². The van der Waals surface area contributed by atoms with E-state index in [-0.39, 0.29) is 0 Å². The molecule has 0 aliphatic heterocycles. The van der Waals surface area contributed by atoms with Gasteiger partial charge in [0.15, 0.2) is 0 Å². The van der Waals surface area contributed by atoms with Crippen LogP contribution >= 0.6 is 11.6 Å². The van der Waals surface area contributed by atoms with E-state index < -0.39 is 0 Å². The van der Waals surface area contributed by atoms with E-state index in [4.69, 9.17) is 16.3 Å². The molecule has 0 fully saturated rings. The van der Waals surface area contributed by atoms with Gasteiger partial charge in [0.25, 0.3) is 0 Å². The minimum absolute atomic E-state index is 0.842. The maximum Gasteiger partial charge on any atom is 0.122 e. The first-order valence-corrected chi connectivity index (χ1v) is 5.43. The third kappa shape index (κ3) is 2.54. The second-order valence-corrected chi connectivity index (χ2v) is 4.02. The van der Waals surface area contributed by atoms with Gasteiger partial charge in [-0.25, -0.2) is 0 Å². The average molecular weight is 225 g/mol. The van der Waals surface area contributed by atoms with E-state index in [0.29, 0.717) is 0 Å². The fourth-order valence-electron chi connectivity index (χ4n) is 1.70. The van der Waals surface area contributed by atoms with Crippen LogP contribution in [0.15, 0.2) is 18.7 Å². The van der Waals surface area contributed by atoms with Gasteiger partial charge in [0.05, 0.1) is 7.11 Å². The number of methoxy groups -OCH3 is 1. The summed E-state index contributed by atoms with van der Waals surface area (Å²) in [7, 11) is 1.69. The van der Waals surface area contributed by atoms with Gasteiger partial charge < -0.3 is 4.74 Å². The van der Waals surface area contributed by atoms with Crippen molar-refractivity contribution >= 4 is 11.6 Å². The van der Waals surface area contributed by atoms with Crippen LogP contribution in [0.5, 0.6) is 5.75 Å². The molecule has 0 amide bonds. The van der Waals surface area contributed by atoms with Crippen LogP contribution in [-0.2, 0) is 6.42 Å². The van der Waals surface area contributed by atoms with Crippen LogP contribution in [0.25, 0.3) is 0 Å². The summed E-state index contributed by atoms with van der Waals surface area (Å²) in [6, 6.07) is 1.99. The van der Waals surface area contributed by atoms with Crippen molar-refractivity contribution in [2.45, 2.75) is 26.7 Å². The summed E-state index contributed by atoms with van der Waals surface area (Å²) in [5, 5.41) is 0.842. The SMILES string of the molecule is C=CCCc1c(OC)cc(C)c(Cl)c1C. The van der Waals surface area contributed by atoms with Gasteiger partial charge in [0, 0.05) is 5.02 Å². The number of aryl methyl sites for hydroxylation is 1. The third-order valence-corrected chi connectivity index (χ3v) is 3.17. The van der Waals surface area contributed by atoms with Crippen LogP contribution in [0.1, 0.15) is 23.1 Å². The number of ether oxygens (including phenoxy) is 1. The van der Waals surface area contributed by atoms with E-state index in [1.807, 2.05) is 26.0 Å². The van der Waals surface area contributed by atoms with Crippen molar-refractivity contribution in [2.75, 3.05) is 7.11 Å². The molecule has 0 atom stereocenters. The second-order valence-electron chi connectivity index (χ2n) is 3.64. The zero-order chi connectivity index (χ0) is 11.4. The standard InChI is InChI=1S/C13H17ClO/c1-5-6-7-11-10(3)13(14)9(2)8-12(11)15-4/h5,8H,1,6-7H2,2-4H3. The average Bonchev–Trinajstić information content (AvgIpc) is 2.24. The van der Waals surface area contributed by atoms with Crippen LogP contribution in [-0.4, -0.2) is 7.11 Å². The molecule has 1 aromatic carbocycles. The first-order valence-electron chi connectivity index (χ1n) is 5.05. The van der Waals surface area contributed by atoms with Crippen molar-refractivity contribution in [2.24, 2.45) is 0 Å². The van der Waals surface area contributed by atoms with E-state index in [0.717, 1.165) is 34.7 Å². The zero-order valence-corrected chi connectivity index (χ0v) is 10.3. The molecular weight excluding hydrogens is 208 g/mol. The summed E-state index contributed by atoms with van der Waals surface area (Å²) < 4.78 is 5.37. The lowest BCUT2D eigenvalue weighted by molar-refractivity contribution is 0.409. The Labute approximate surface area is 96.7 Å². The Kier molecular flexibility index (Phi) is 4.22. The predicted molar refractivity (Wildman–Crippen MR) is 66.0 cm³/mol. The van der Waals surface area contributed by atoms with Gasteiger partial charge in [-0.05, 0) is 49.4 Å². The highest BCUT2D eigenvalue weighted by Gasteiger charge is 2.11. The number of halogens is 1. The Bertz CT molecular complexity index is 369. The van der Waals surface area contributed by atoms with Crippen LogP contribution < -0.4 is 4.74 Å². The molecule has 0 radical (unpaired) electrons. The molecule has 0 aliphatic carbocycles. The minimum atomic E-state index is 0.842. The highest BCUT2D eigenvalue weighted by atomic mass is 35.5. The molecule has 1 aromatic rings. The van der Waals surface area contributed by atoms with Crippen molar-refractivity contribution < 1.29 is 4.74 Å². The molecule has 0 unspecified atom stereocenters. The molecule has 82 valence electrons. The second kappa shape index (κ2) is 5.22. The summed E-state index contributed by atoms with van der Waals surface area (Å²) >= 11 is 6.21. The lowest BCUT2D eigenvalue weighted by atomic mass is 10.00. The molecule has 0 aromatic heterocycles. The summed E-state index contributed by atoms with van der Waals surface area (Å²) in [6.45, 7) is 7.76. The Morgan fingerprint density at radius 2 is 2.13 bits per heavy atom. The normalized spacial score (nSPS) is 10.1. The number of allylic oxidation sites excluding steroid dienone is 1. The number of benzene rings is 1. The number of hydrogen-bond donors (Lipinski definition) is 0. The third-order valence-electron chi connectivity index (χ3n) is 2.59. The lowest BCUT2D eigenvalue weighted by Crippen LogP contribution is -1.97. The van der Waals surface area contributed by atoms with Crippen molar-refractivity contribution in [3.63, 3.8) is 0 Å². The van der Waals surface area contributed by atoms with Gasteiger partial charge >= 0.3 is 0 Å². The lowest BCUT2D eigenvalue weighted by Gasteiger charge is -2.14. The minimum Gasteiger partial charge on any atom is -0.496 e. The summed E-state index contributed by atoms with van der Waals surface area (Å²) in [5.74, 6) is 0.927. The first kappa shape index (κ1) is 12.1. The topological polar surface area (TPSA) is 9.23 Å². The number of rotatable bonds is 4. The molecule has 2 heteroatoms. The quantitative estimate of drug-likeness (QED) is 0.701. The van der Waals surface area contributed by atoms with Crippen LogP contribution in [0.4, 0.5) is 0 Å². The smallest absolute Gasteiger partial charge is 0.122 e. The maximum atomic E-state index is 6.21. The highest BCUT2D eigenvalue weighted by molar-refractivity contribution is 6.32. The Balaban J connectivity index is 3.20. The largest absolute Gasteiger partial charge is 0.496 e.